The Morgan fingerprint density at radius 2 is 1.54 bits per heavy atom. The lowest BCUT2D eigenvalue weighted by atomic mass is 10.1. The Hall–Kier alpha value is -1.40. The van der Waals surface area contributed by atoms with Gasteiger partial charge < -0.3 is 14.7 Å². The van der Waals surface area contributed by atoms with Gasteiger partial charge in [-0.25, -0.2) is 0 Å². The summed E-state index contributed by atoms with van der Waals surface area (Å²) >= 11 is 1.79. The molecule has 3 heterocycles. The monoisotopic (exact) mass is 377 g/mol. The maximum Gasteiger partial charge on any atom is 0.223 e. The Balaban J connectivity index is 1.28. The van der Waals surface area contributed by atoms with E-state index in [9.17, 15) is 9.59 Å². The topological polar surface area (TPSA) is 43.9 Å². The second-order valence-electron chi connectivity index (χ2n) is 7.35. The molecule has 0 radical (unpaired) electrons. The van der Waals surface area contributed by atoms with Gasteiger partial charge in [-0.3, -0.25) is 9.59 Å². The fourth-order valence-electron chi connectivity index (χ4n) is 3.81. The molecule has 2 amide bonds. The molecule has 6 heteroatoms. The molecule has 0 aromatic carbocycles. The van der Waals surface area contributed by atoms with Crippen LogP contribution >= 0.6 is 11.3 Å². The van der Waals surface area contributed by atoms with Gasteiger partial charge in [0.1, 0.15) is 0 Å². The summed E-state index contributed by atoms with van der Waals surface area (Å²) < 4.78 is 0. The van der Waals surface area contributed by atoms with E-state index in [1.807, 2.05) is 9.80 Å². The quantitative estimate of drug-likeness (QED) is 0.654. The van der Waals surface area contributed by atoms with Gasteiger partial charge in [0.25, 0.3) is 0 Å². The summed E-state index contributed by atoms with van der Waals surface area (Å²) in [6.07, 6.45) is 6.88. The number of hydrogen-bond acceptors (Lipinski definition) is 4. The van der Waals surface area contributed by atoms with Crippen molar-refractivity contribution in [2.45, 2.75) is 44.9 Å². The maximum atomic E-state index is 12.4. The van der Waals surface area contributed by atoms with Gasteiger partial charge in [-0.05, 0) is 56.6 Å². The summed E-state index contributed by atoms with van der Waals surface area (Å²) in [5.74, 6) is 0.500. The van der Waals surface area contributed by atoms with E-state index in [0.717, 1.165) is 38.9 Å². The molecule has 1 aromatic heterocycles. The van der Waals surface area contributed by atoms with Crippen molar-refractivity contribution in [1.82, 2.24) is 14.7 Å². The Kier molecular flexibility index (Phi) is 7.50. The standard InChI is InChI=1S/C20H31N3O2S/c24-19(8-2-1-6-18-7-5-17-26-18)22-13-15-23(16-14-22)20(25)9-12-21-10-3-4-11-21/h5,7,17H,1-4,6,8-16H2. The molecule has 2 saturated heterocycles. The van der Waals surface area contributed by atoms with Crippen LogP contribution in [0.5, 0.6) is 0 Å². The second kappa shape index (κ2) is 10.1. The van der Waals surface area contributed by atoms with Crippen LogP contribution in [0, 0.1) is 0 Å². The number of piperazine rings is 1. The van der Waals surface area contributed by atoms with E-state index < -0.39 is 0 Å². The minimum atomic E-state index is 0.250. The third kappa shape index (κ3) is 5.81. The lowest BCUT2D eigenvalue weighted by molar-refractivity contribution is -0.139. The number of thiophene rings is 1. The minimum Gasteiger partial charge on any atom is -0.339 e. The van der Waals surface area contributed by atoms with Gasteiger partial charge >= 0.3 is 0 Å². The molecule has 0 N–H and O–H groups in total. The molecule has 144 valence electrons. The summed E-state index contributed by atoms with van der Waals surface area (Å²) in [5, 5.41) is 2.10. The van der Waals surface area contributed by atoms with Gasteiger partial charge in [-0.15, -0.1) is 11.3 Å². The van der Waals surface area contributed by atoms with Gasteiger partial charge in [0.2, 0.25) is 11.8 Å². The van der Waals surface area contributed by atoms with Gasteiger partial charge in [0.15, 0.2) is 0 Å². The van der Waals surface area contributed by atoms with Crippen LogP contribution in [0.1, 0.15) is 43.4 Å². The zero-order chi connectivity index (χ0) is 18.2. The van der Waals surface area contributed by atoms with Crippen molar-refractivity contribution in [2.75, 3.05) is 45.8 Å². The number of carbonyl (C=O) groups is 2. The Morgan fingerprint density at radius 3 is 2.15 bits per heavy atom. The zero-order valence-electron chi connectivity index (χ0n) is 15.7. The number of likely N-dealkylation sites (tertiary alicyclic amines) is 1. The average molecular weight is 378 g/mol. The highest BCUT2D eigenvalue weighted by Crippen LogP contribution is 2.14. The molecule has 5 nitrogen and oxygen atoms in total. The van der Waals surface area contributed by atoms with Crippen molar-refractivity contribution in [2.24, 2.45) is 0 Å². The molecule has 0 atom stereocenters. The molecule has 0 unspecified atom stereocenters. The number of amides is 2. The third-order valence-electron chi connectivity index (χ3n) is 5.47. The normalized spacial score (nSPS) is 18.5. The van der Waals surface area contributed by atoms with E-state index in [1.54, 1.807) is 11.3 Å². The van der Waals surface area contributed by atoms with Crippen molar-refractivity contribution in [3.63, 3.8) is 0 Å². The highest BCUT2D eigenvalue weighted by atomic mass is 32.1. The number of nitrogens with zero attached hydrogens (tertiary/aromatic N) is 3. The Morgan fingerprint density at radius 1 is 0.885 bits per heavy atom. The van der Waals surface area contributed by atoms with E-state index in [1.165, 1.54) is 17.7 Å². The van der Waals surface area contributed by atoms with Gasteiger partial charge in [-0.2, -0.15) is 0 Å². The van der Waals surface area contributed by atoms with Crippen molar-refractivity contribution in [3.8, 4) is 0 Å². The fraction of sp³-hybridized carbons (Fsp3) is 0.700. The van der Waals surface area contributed by atoms with Crippen molar-refractivity contribution in [3.05, 3.63) is 22.4 Å². The van der Waals surface area contributed by atoms with Crippen LogP contribution in [0.15, 0.2) is 17.5 Å². The average Bonchev–Trinajstić information content (AvgIpc) is 3.37. The molecule has 26 heavy (non-hydrogen) atoms. The molecule has 0 bridgehead atoms. The lowest BCUT2D eigenvalue weighted by Gasteiger charge is -2.35. The molecule has 0 saturated carbocycles. The van der Waals surface area contributed by atoms with E-state index in [0.29, 0.717) is 39.0 Å². The highest BCUT2D eigenvalue weighted by Gasteiger charge is 2.24. The maximum absolute atomic E-state index is 12.4. The largest absolute Gasteiger partial charge is 0.339 e. The molecule has 3 rings (SSSR count). The fourth-order valence-corrected chi connectivity index (χ4v) is 4.56. The predicted octanol–water partition coefficient (Wildman–Crippen LogP) is 2.62. The molecular weight excluding hydrogens is 346 g/mol. The molecule has 2 aliphatic heterocycles. The minimum absolute atomic E-state index is 0.250. The van der Waals surface area contributed by atoms with E-state index in [2.05, 4.69) is 22.4 Å². The first kappa shape index (κ1) is 19.4. The number of aryl methyl sites for hydroxylation is 1. The Bertz CT molecular complexity index is 562. The molecule has 2 fully saturated rings. The van der Waals surface area contributed by atoms with Crippen LogP contribution < -0.4 is 0 Å². The van der Waals surface area contributed by atoms with Crippen LogP contribution in [0.3, 0.4) is 0 Å². The first-order valence-electron chi connectivity index (χ1n) is 10.0. The van der Waals surface area contributed by atoms with E-state index in [-0.39, 0.29) is 11.8 Å². The summed E-state index contributed by atoms with van der Waals surface area (Å²) in [7, 11) is 0. The van der Waals surface area contributed by atoms with Crippen LogP contribution in [0.2, 0.25) is 0 Å². The van der Waals surface area contributed by atoms with Crippen LogP contribution in [-0.4, -0.2) is 72.3 Å². The first-order chi connectivity index (χ1) is 12.7. The smallest absolute Gasteiger partial charge is 0.223 e. The van der Waals surface area contributed by atoms with Crippen LogP contribution in [-0.2, 0) is 16.0 Å². The predicted molar refractivity (Wildman–Crippen MR) is 105 cm³/mol. The summed E-state index contributed by atoms with van der Waals surface area (Å²) in [6.45, 7) is 5.95. The lowest BCUT2D eigenvalue weighted by Crippen LogP contribution is -2.50. The van der Waals surface area contributed by atoms with E-state index >= 15 is 0 Å². The molecular formula is C20H31N3O2S. The molecule has 1 aromatic rings. The zero-order valence-corrected chi connectivity index (χ0v) is 16.5. The van der Waals surface area contributed by atoms with Crippen LogP contribution in [0.25, 0.3) is 0 Å². The Labute approximate surface area is 161 Å². The van der Waals surface area contributed by atoms with Crippen molar-refractivity contribution in [1.29, 1.82) is 0 Å². The SMILES string of the molecule is O=C(CCCCc1cccs1)N1CCN(C(=O)CCN2CCCC2)CC1. The summed E-state index contributed by atoms with van der Waals surface area (Å²) in [6, 6.07) is 4.24. The van der Waals surface area contributed by atoms with E-state index in [4.69, 9.17) is 0 Å². The molecule has 2 aliphatic rings. The second-order valence-corrected chi connectivity index (χ2v) is 8.38. The summed E-state index contributed by atoms with van der Waals surface area (Å²) in [5.41, 5.74) is 0. The number of unbranched alkanes of at least 4 members (excludes halogenated alkanes) is 1. The van der Waals surface area contributed by atoms with Gasteiger partial charge in [0, 0.05) is 50.4 Å². The number of rotatable bonds is 8. The van der Waals surface area contributed by atoms with Crippen LogP contribution in [0.4, 0.5) is 0 Å². The van der Waals surface area contributed by atoms with Gasteiger partial charge in [-0.1, -0.05) is 6.07 Å². The number of carbonyl (C=O) groups excluding carboxylic acids is 2. The number of hydrogen-bond donors (Lipinski definition) is 0. The molecule has 0 aliphatic carbocycles. The first-order valence-corrected chi connectivity index (χ1v) is 10.9. The van der Waals surface area contributed by atoms with Crippen molar-refractivity contribution >= 4 is 23.2 Å². The highest BCUT2D eigenvalue weighted by molar-refractivity contribution is 7.09. The molecule has 0 spiro atoms. The third-order valence-corrected chi connectivity index (χ3v) is 6.41. The van der Waals surface area contributed by atoms with Crippen molar-refractivity contribution < 1.29 is 9.59 Å². The summed E-state index contributed by atoms with van der Waals surface area (Å²) in [4.78, 5) is 32.4. The van der Waals surface area contributed by atoms with Gasteiger partial charge in [0.05, 0.1) is 0 Å².